The SMILES string of the molecule is CCCC=CCC(C)CC1CCC(C)O1. The second kappa shape index (κ2) is 7.05. The summed E-state index contributed by atoms with van der Waals surface area (Å²) in [4.78, 5) is 0. The average Bonchev–Trinajstić information content (AvgIpc) is 2.59. The molecule has 0 saturated carbocycles. The van der Waals surface area contributed by atoms with Gasteiger partial charge in [0.2, 0.25) is 0 Å². The minimum absolute atomic E-state index is 0.498. The van der Waals surface area contributed by atoms with Gasteiger partial charge >= 0.3 is 0 Å². The Kier molecular flexibility index (Phi) is 6.00. The molecule has 0 N–H and O–H groups in total. The molecule has 1 aliphatic heterocycles. The molecule has 1 heterocycles. The maximum atomic E-state index is 5.84. The molecule has 0 spiro atoms. The van der Waals surface area contributed by atoms with Gasteiger partial charge in [0.1, 0.15) is 0 Å². The van der Waals surface area contributed by atoms with Crippen molar-refractivity contribution in [2.24, 2.45) is 5.92 Å². The van der Waals surface area contributed by atoms with Crippen LogP contribution in [0.3, 0.4) is 0 Å². The molecule has 88 valence electrons. The molecule has 15 heavy (non-hydrogen) atoms. The summed E-state index contributed by atoms with van der Waals surface area (Å²) in [7, 11) is 0. The molecule has 0 bridgehead atoms. The van der Waals surface area contributed by atoms with Crippen LogP contribution in [0.4, 0.5) is 0 Å². The molecule has 0 radical (unpaired) electrons. The van der Waals surface area contributed by atoms with Crippen molar-refractivity contribution in [2.45, 2.75) is 71.5 Å². The zero-order valence-corrected chi connectivity index (χ0v) is 10.5. The monoisotopic (exact) mass is 210 g/mol. The minimum atomic E-state index is 0.498. The van der Waals surface area contributed by atoms with Crippen LogP contribution < -0.4 is 0 Å². The Hall–Kier alpha value is -0.300. The first-order valence-electron chi connectivity index (χ1n) is 6.52. The van der Waals surface area contributed by atoms with Crippen molar-refractivity contribution in [3.05, 3.63) is 12.2 Å². The fourth-order valence-corrected chi connectivity index (χ4v) is 2.22. The Morgan fingerprint density at radius 3 is 2.73 bits per heavy atom. The van der Waals surface area contributed by atoms with Gasteiger partial charge in [-0.2, -0.15) is 0 Å². The molecule has 0 aromatic heterocycles. The molecule has 3 atom stereocenters. The fourth-order valence-electron chi connectivity index (χ4n) is 2.22. The number of hydrogen-bond acceptors (Lipinski definition) is 1. The number of rotatable bonds is 6. The lowest BCUT2D eigenvalue weighted by Crippen LogP contribution is -2.12. The first-order valence-corrected chi connectivity index (χ1v) is 6.52. The highest BCUT2D eigenvalue weighted by molar-refractivity contribution is 4.84. The second-order valence-corrected chi connectivity index (χ2v) is 4.98. The summed E-state index contributed by atoms with van der Waals surface area (Å²) in [6, 6.07) is 0. The van der Waals surface area contributed by atoms with Gasteiger partial charge in [-0.05, 0) is 44.9 Å². The van der Waals surface area contributed by atoms with E-state index in [1.165, 1.54) is 38.5 Å². The molecule has 3 unspecified atom stereocenters. The van der Waals surface area contributed by atoms with E-state index >= 15 is 0 Å². The number of ether oxygens (including phenoxy) is 1. The predicted molar refractivity (Wildman–Crippen MR) is 66.0 cm³/mol. The summed E-state index contributed by atoms with van der Waals surface area (Å²) in [5.74, 6) is 0.772. The summed E-state index contributed by atoms with van der Waals surface area (Å²) < 4.78 is 5.84. The van der Waals surface area contributed by atoms with Gasteiger partial charge in [-0.1, -0.05) is 32.4 Å². The van der Waals surface area contributed by atoms with Crippen LogP contribution in [-0.4, -0.2) is 12.2 Å². The number of hydrogen-bond donors (Lipinski definition) is 0. The second-order valence-electron chi connectivity index (χ2n) is 4.98. The van der Waals surface area contributed by atoms with E-state index in [0.29, 0.717) is 12.2 Å². The largest absolute Gasteiger partial charge is 0.375 e. The molecule has 1 heteroatoms. The van der Waals surface area contributed by atoms with Crippen LogP contribution in [0, 0.1) is 5.92 Å². The van der Waals surface area contributed by atoms with Gasteiger partial charge < -0.3 is 4.74 Å². The van der Waals surface area contributed by atoms with E-state index in [1.807, 2.05) is 0 Å². The van der Waals surface area contributed by atoms with Crippen molar-refractivity contribution < 1.29 is 4.74 Å². The van der Waals surface area contributed by atoms with Crippen LogP contribution in [0.1, 0.15) is 59.3 Å². The summed E-state index contributed by atoms with van der Waals surface area (Å²) in [5, 5.41) is 0. The molecule has 1 fully saturated rings. The molecule has 1 aliphatic rings. The highest BCUT2D eigenvalue weighted by Gasteiger charge is 2.22. The fraction of sp³-hybridized carbons (Fsp3) is 0.857. The van der Waals surface area contributed by atoms with E-state index in [-0.39, 0.29) is 0 Å². The summed E-state index contributed by atoms with van der Waals surface area (Å²) >= 11 is 0. The maximum absolute atomic E-state index is 5.84. The van der Waals surface area contributed by atoms with Crippen LogP contribution >= 0.6 is 0 Å². The molecule has 1 rings (SSSR count). The zero-order chi connectivity index (χ0) is 11.1. The standard InChI is InChI=1S/C14H26O/c1-4-5-6-7-8-12(2)11-14-10-9-13(3)15-14/h6-7,12-14H,4-5,8-11H2,1-3H3. The first kappa shape index (κ1) is 12.8. The molecular weight excluding hydrogens is 184 g/mol. The number of allylic oxidation sites excluding steroid dienone is 2. The van der Waals surface area contributed by atoms with Gasteiger partial charge in [0, 0.05) is 0 Å². The van der Waals surface area contributed by atoms with Gasteiger partial charge in [0.25, 0.3) is 0 Å². The van der Waals surface area contributed by atoms with E-state index < -0.39 is 0 Å². The van der Waals surface area contributed by atoms with Crippen molar-refractivity contribution in [3.63, 3.8) is 0 Å². The Balaban J connectivity index is 2.10. The third kappa shape index (κ3) is 5.36. The van der Waals surface area contributed by atoms with Gasteiger partial charge in [0.05, 0.1) is 12.2 Å². The zero-order valence-electron chi connectivity index (χ0n) is 10.5. The Bertz CT molecular complexity index is 186. The molecule has 0 aliphatic carbocycles. The highest BCUT2D eigenvalue weighted by Crippen LogP contribution is 2.25. The Morgan fingerprint density at radius 1 is 1.33 bits per heavy atom. The average molecular weight is 210 g/mol. The molecule has 1 saturated heterocycles. The van der Waals surface area contributed by atoms with Crippen molar-refractivity contribution in [2.75, 3.05) is 0 Å². The summed E-state index contributed by atoms with van der Waals surface area (Å²) in [6.07, 6.45) is 13.1. The van der Waals surface area contributed by atoms with Gasteiger partial charge in [-0.25, -0.2) is 0 Å². The van der Waals surface area contributed by atoms with E-state index in [4.69, 9.17) is 4.74 Å². The highest BCUT2D eigenvalue weighted by atomic mass is 16.5. The maximum Gasteiger partial charge on any atom is 0.0582 e. The smallest absolute Gasteiger partial charge is 0.0582 e. The Labute approximate surface area is 94.9 Å². The third-order valence-electron chi connectivity index (χ3n) is 3.15. The molecule has 0 amide bonds. The summed E-state index contributed by atoms with van der Waals surface area (Å²) in [6.45, 7) is 6.75. The molecule has 0 aromatic carbocycles. The topological polar surface area (TPSA) is 9.23 Å². The van der Waals surface area contributed by atoms with Crippen molar-refractivity contribution in [3.8, 4) is 0 Å². The van der Waals surface area contributed by atoms with Crippen LogP contribution in [0.15, 0.2) is 12.2 Å². The van der Waals surface area contributed by atoms with Crippen molar-refractivity contribution in [1.82, 2.24) is 0 Å². The minimum Gasteiger partial charge on any atom is -0.375 e. The molecular formula is C14H26O. The van der Waals surface area contributed by atoms with Gasteiger partial charge in [0.15, 0.2) is 0 Å². The van der Waals surface area contributed by atoms with E-state index in [0.717, 1.165) is 5.92 Å². The van der Waals surface area contributed by atoms with E-state index in [1.54, 1.807) is 0 Å². The lowest BCUT2D eigenvalue weighted by molar-refractivity contribution is 0.0426. The van der Waals surface area contributed by atoms with E-state index in [2.05, 4.69) is 32.9 Å². The number of unbranched alkanes of at least 4 members (excludes halogenated alkanes) is 1. The van der Waals surface area contributed by atoms with Crippen molar-refractivity contribution in [1.29, 1.82) is 0 Å². The summed E-state index contributed by atoms with van der Waals surface area (Å²) in [5.41, 5.74) is 0. The normalized spacial score (nSPS) is 28.7. The predicted octanol–water partition coefficient (Wildman–Crippen LogP) is 4.33. The van der Waals surface area contributed by atoms with E-state index in [9.17, 15) is 0 Å². The first-order chi connectivity index (χ1) is 7.22. The molecule has 0 aromatic rings. The Morgan fingerprint density at radius 2 is 2.13 bits per heavy atom. The lowest BCUT2D eigenvalue weighted by atomic mass is 9.98. The van der Waals surface area contributed by atoms with Gasteiger partial charge in [-0.3, -0.25) is 0 Å². The van der Waals surface area contributed by atoms with Crippen LogP contribution in [0.2, 0.25) is 0 Å². The van der Waals surface area contributed by atoms with Crippen molar-refractivity contribution >= 4 is 0 Å². The third-order valence-corrected chi connectivity index (χ3v) is 3.15. The van der Waals surface area contributed by atoms with Crippen LogP contribution in [0.5, 0.6) is 0 Å². The molecule has 1 nitrogen and oxygen atoms in total. The quantitative estimate of drug-likeness (QED) is 0.593. The van der Waals surface area contributed by atoms with Crippen LogP contribution in [0.25, 0.3) is 0 Å². The van der Waals surface area contributed by atoms with Crippen LogP contribution in [-0.2, 0) is 4.74 Å². The lowest BCUT2D eigenvalue weighted by Gasteiger charge is -2.15. The van der Waals surface area contributed by atoms with Gasteiger partial charge in [-0.15, -0.1) is 0 Å².